The maximum atomic E-state index is 13.5. The first-order chi connectivity index (χ1) is 10.7. The highest BCUT2D eigenvalue weighted by atomic mass is 19.1. The Hall–Kier alpha value is -2.88. The fourth-order valence-electron chi connectivity index (χ4n) is 2.26. The molecule has 3 aromatic carbocycles. The highest BCUT2D eigenvalue weighted by Gasteiger charge is 2.15. The Morgan fingerprint density at radius 2 is 1.73 bits per heavy atom. The highest BCUT2D eigenvalue weighted by Crippen LogP contribution is 2.29. The van der Waals surface area contributed by atoms with Gasteiger partial charge in [-0.2, -0.15) is 0 Å². The third-order valence-electron chi connectivity index (χ3n) is 3.44. The number of esters is 1. The lowest BCUT2D eigenvalue weighted by Crippen LogP contribution is -2.06. The van der Waals surface area contributed by atoms with E-state index in [1.807, 2.05) is 12.1 Å². The molecule has 3 aromatic rings. The van der Waals surface area contributed by atoms with Gasteiger partial charge < -0.3 is 9.84 Å². The van der Waals surface area contributed by atoms with Gasteiger partial charge >= 0.3 is 5.97 Å². The van der Waals surface area contributed by atoms with Crippen LogP contribution in [0.3, 0.4) is 0 Å². The van der Waals surface area contributed by atoms with Crippen LogP contribution in [0.4, 0.5) is 4.39 Å². The Labute approximate surface area is 126 Å². The molecule has 0 spiro atoms. The van der Waals surface area contributed by atoms with Crippen molar-refractivity contribution in [2.45, 2.75) is 6.61 Å². The topological polar surface area (TPSA) is 46.5 Å². The maximum Gasteiger partial charge on any atom is 0.342 e. The van der Waals surface area contributed by atoms with Crippen molar-refractivity contribution in [2.75, 3.05) is 0 Å². The third kappa shape index (κ3) is 2.63. The molecule has 4 heteroatoms. The zero-order valence-electron chi connectivity index (χ0n) is 11.6. The molecule has 1 N–H and O–H groups in total. The quantitative estimate of drug-likeness (QED) is 0.742. The maximum absolute atomic E-state index is 13.5. The minimum atomic E-state index is -0.688. The van der Waals surface area contributed by atoms with Crippen molar-refractivity contribution < 1.29 is 19.0 Å². The Morgan fingerprint density at radius 3 is 2.55 bits per heavy atom. The molecule has 3 rings (SSSR count). The molecule has 22 heavy (non-hydrogen) atoms. The molecule has 0 atom stereocenters. The van der Waals surface area contributed by atoms with Crippen LogP contribution in [-0.4, -0.2) is 11.1 Å². The number of carbonyl (C=O) groups excluding carboxylic acids is 1. The number of carbonyl (C=O) groups is 1. The van der Waals surface area contributed by atoms with Gasteiger partial charge in [0.15, 0.2) is 0 Å². The summed E-state index contributed by atoms with van der Waals surface area (Å²) >= 11 is 0. The van der Waals surface area contributed by atoms with Crippen LogP contribution in [0.5, 0.6) is 5.75 Å². The van der Waals surface area contributed by atoms with Crippen molar-refractivity contribution in [1.82, 2.24) is 0 Å². The SMILES string of the molecule is O=C(OCc1ccccc1F)c1ccc2ccccc2c1O. The summed E-state index contributed by atoms with van der Waals surface area (Å²) in [6.07, 6.45) is 0. The molecule has 0 fully saturated rings. The second-order valence-corrected chi connectivity index (χ2v) is 4.85. The van der Waals surface area contributed by atoms with Crippen LogP contribution in [0.2, 0.25) is 0 Å². The van der Waals surface area contributed by atoms with E-state index in [4.69, 9.17) is 4.74 Å². The summed E-state index contributed by atoms with van der Waals surface area (Å²) in [4.78, 5) is 12.1. The number of phenols is 1. The molecule has 0 aromatic heterocycles. The Bertz CT molecular complexity index is 843. The number of phenolic OH excluding ortho intramolecular Hbond substituents is 1. The fraction of sp³-hybridized carbons (Fsp3) is 0.0556. The molecule has 0 saturated heterocycles. The number of hydrogen-bond acceptors (Lipinski definition) is 3. The molecule has 0 bridgehead atoms. The van der Waals surface area contributed by atoms with Crippen LogP contribution in [-0.2, 0) is 11.3 Å². The first-order valence-corrected chi connectivity index (χ1v) is 6.78. The summed E-state index contributed by atoms with van der Waals surface area (Å²) in [5, 5.41) is 11.6. The van der Waals surface area contributed by atoms with Gasteiger partial charge in [-0.3, -0.25) is 0 Å². The van der Waals surface area contributed by atoms with E-state index in [9.17, 15) is 14.3 Å². The van der Waals surface area contributed by atoms with Crippen molar-refractivity contribution in [1.29, 1.82) is 0 Å². The summed E-state index contributed by atoms with van der Waals surface area (Å²) in [5.41, 5.74) is 0.353. The van der Waals surface area contributed by atoms with E-state index in [2.05, 4.69) is 0 Å². The van der Waals surface area contributed by atoms with E-state index >= 15 is 0 Å². The minimum absolute atomic E-state index is 0.0649. The Morgan fingerprint density at radius 1 is 1.00 bits per heavy atom. The molecule has 0 saturated carbocycles. The summed E-state index contributed by atoms with van der Waals surface area (Å²) in [7, 11) is 0. The van der Waals surface area contributed by atoms with Gasteiger partial charge in [0.05, 0.1) is 0 Å². The van der Waals surface area contributed by atoms with Gasteiger partial charge in [-0.1, -0.05) is 48.5 Å². The van der Waals surface area contributed by atoms with Gasteiger partial charge in [0, 0.05) is 10.9 Å². The third-order valence-corrected chi connectivity index (χ3v) is 3.44. The second kappa shape index (κ2) is 5.85. The van der Waals surface area contributed by atoms with Crippen molar-refractivity contribution in [3.05, 3.63) is 77.6 Å². The molecular formula is C18H13FO3. The van der Waals surface area contributed by atoms with E-state index in [-0.39, 0.29) is 23.5 Å². The van der Waals surface area contributed by atoms with E-state index in [1.165, 1.54) is 12.1 Å². The van der Waals surface area contributed by atoms with Gasteiger partial charge in [0.25, 0.3) is 0 Å². The summed E-state index contributed by atoms with van der Waals surface area (Å²) in [5.74, 6) is -1.25. The predicted octanol–water partition coefficient (Wildman–Crippen LogP) is 4.04. The smallest absolute Gasteiger partial charge is 0.342 e. The number of hydrogen-bond donors (Lipinski definition) is 1. The number of ether oxygens (including phenoxy) is 1. The molecule has 110 valence electrons. The number of halogens is 1. The van der Waals surface area contributed by atoms with Crippen LogP contribution in [0.15, 0.2) is 60.7 Å². The van der Waals surface area contributed by atoms with Gasteiger partial charge in [0.1, 0.15) is 23.7 Å². The lowest BCUT2D eigenvalue weighted by Gasteiger charge is -2.09. The van der Waals surface area contributed by atoms with E-state index in [1.54, 1.807) is 36.4 Å². The lowest BCUT2D eigenvalue weighted by atomic mass is 10.1. The van der Waals surface area contributed by atoms with E-state index in [0.717, 1.165) is 5.39 Å². The largest absolute Gasteiger partial charge is 0.506 e. The molecule has 0 radical (unpaired) electrons. The minimum Gasteiger partial charge on any atom is -0.506 e. The van der Waals surface area contributed by atoms with Crippen LogP contribution >= 0.6 is 0 Å². The van der Waals surface area contributed by atoms with Crippen molar-refractivity contribution >= 4 is 16.7 Å². The monoisotopic (exact) mass is 296 g/mol. The van der Waals surface area contributed by atoms with Gasteiger partial charge in [0.2, 0.25) is 0 Å². The van der Waals surface area contributed by atoms with E-state index < -0.39 is 11.8 Å². The summed E-state index contributed by atoms with van der Waals surface area (Å²) < 4.78 is 18.6. The average molecular weight is 296 g/mol. The normalized spacial score (nSPS) is 10.6. The van der Waals surface area contributed by atoms with Crippen molar-refractivity contribution in [3.8, 4) is 5.75 Å². The molecule has 0 aliphatic carbocycles. The fourth-order valence-corrected chi connectivity index (χ4v) is 2.26. The van der Waals surface area contributed by atoms with Crippen LogP contribution < -0.4 is 0 Å². The van der Waals surface area contributed by atoms with Crippen molar-refractivity contribution in [2.24, 2.45) is 0 Å². The number of benzene rings is 3. The Balaban J connectivity index is 1.84. The van der Waals surface area contributed by atoms with Crippen molar-refractivity contribution in [3.63, 3.8) is 0 Å². The molecular weight excluding hydrogens is 283 g/mol. The zero-order valence-corrected chi connectivity index (χ0v) is 11.6. The first-order valence-electron chi connectivity index (χ1n) is 6.78. The zero-order chi connectivity index (χ0) is 15.5. The average Bonchev–Trinajstić information content (AvgIpc) is 2.54. The lowest BCUT2D eigenvalue weighted by molar-refractivity contribution is 0.0466. The number of fused-ring (bicyclic) bond motifs is 1. The van der Waals surface area contributed by atoms with Crippen LogP contribution in [0.1, 0.15) is 15.9 Å². The molecule has 0 unspecified atom stereocenters. The number of rotatable bonds is 3. The van der Waals surface area contributed by atoms with Gasteiger partial charge in [-0.05, 0) is 17.5 Å². The standard InChI is InChI=1S/C18H13FO3/c19-16-8-4-2-6-13(16)11-22-18(21)15-10-9-12-5-1-3-7-14(12)17(15)20/h1-10,20H,11H2. The van der Waals surface area contributed by atoms with Crippen LogP contribution in [0.25, 0.3) is 10.8 Å². The van der Waals surface area contributed by atoms with E-state index in [0.29, 0.717) is 5.39 Å². The van der Waals surface area contributed by atoms with Gasteiger partial charge in [-0.15, -0.1) is 0 Å². The number of aromatic hydroxyl groups is 1. The first kappa shape index (κ1) is 14.1. The Kier molecular flexibility index (Phi) is 3.74. The highest BCUT2D eigenvalue weighted by molar-refractivity contribution is 6.01. The molecule has 0 amide bonds. The van der Waals surface area contributed by atoms with Crippen LogP contribution in [0, 0.1) is 5.82 Å². The van der Waals surface area contributed by atoms with Gasteiger partial charge in [-0.25, -0.2) is 9.18 Å². The molecule has 3 nitrogen and oxygen atoms in total. The summed E-state index contributed by atoms with van der Waals surface area (Å²) in [6.45, 7) is -0.183. The molecule has 0 aliphatic heterocycles. The second-order valence-electron chi connectivity index (χ2n) is 4.85. The summed E-state index contributed by atoms with van der Waals surface area (Å²) in [6, 6.07) is 16.5. The predicted molar refractivity (Wildman–Crippen MR) is 81.1 cm³/mol. The molecule has 0 aliphatic rings. The molecule has 0 heterocycles.